The molecular weight excluding hydrogens is 362 g/mol. The molecule has 0 amide bonds. The second-order valence-electron chi connectivity index (χ2n) is 11.4. The molecule has 1 heterocycles. The van der Waals surface area contributed by atoms with Gasteiger partial charge in [0.25, 0.3) is 0 Å². The van der Waals surface area contributed by atoms with Crippen LogP contribution in [0.15, 0.2) is 48.8 Å². The van der Waals surface area contributed by atoms with Crippen LogP contribution < -0.4 is 0 Å². The molecule has 1 heteroatoms. The molecule has 1 aliphatic carbocycles. The third-order valence-corrected chi connectivity index (χ3v) is 5.56. The Labute approximate surface area is 188 Å². The maximum Gasteiger partial charge on any atom is 0.0305 e. The summed E-state index contributed by atoms with van der Waals surface area (Å²) in [6.07, 6.45) is 7.80. The maximum atomic E-state index is 4.05. The number of hydrogen-bond donors (Lipinski definition) is 0. The van der Waals surface area contributed by atoms with Gasteiger partial charge in [-0.25, -0.2) is 0 Å². The van der Waals surface area contributed by atoms with E-state index in [4.69, 9.17) is 0 Å². The van der Waals surface area contributed by atoms with Crippen LogP contribution in [-0.2, 0) is 17.3 Å². The largest absolute Gasteiger partial charge is 0.264 e. The highest BCUT2D eigenvalue weighted by Crippen LogP contribution is 2.44. The first-order chi connectivity index (χ1) is 13.2. The van der Waals surface area contributed by atoms with Crippen LogP contribution in [0.25, 0.3) is 0 Å². The zero-order chi connectivity index (χ0) is 22.3. The molecule has 30 heavy (non-hydrogen) atoms. The Balaban J connectivity index is 0.000000427. The van der Waals surface area contributed by atoms with Crippen LogP contribution in [0, 0.1) is 11.3 Å². The van der Waals surface area contributed by atoms with E-state index in [9.17, 15) is 0 Å². The van der Waals surface area contributed by atoms with E-state index in [0.29, 0.717) is 5.41 Å². The van der Waals surface area contributed by atoms with Gasteiger partial charge >= 0.3 is 0 Å². The van der Waals surface area contributed by atoms with Crippen molar-refractivity contribution in [3.8, 4) is 0 Å². The fourth-order valence-electron chi connectivity index (χ4n) is 3.00. The number of aryl methyl sites for hydroxylation is 1. The summed E-state index contributed by atoms with van der Waals surface area (Å²) in [4.78, 5) is 4.05. The fourth-order valence-corrected chi connectivity index (χ4v) is 3.00. The molecule has 1 nitrogen and oxygen atoms in total. The fraction of sp³-hybridized carbons (Fsp3) is 0.621. The second kappa shape index (κ2) is 11.7. The summed E-state index contributed by atoms with van der Waals surface area (Å²) in [6.45, 7) is 22.4. The van der Waals surface area contributed by atoms with Crippen molar-refractivity contribution >= 4 is 0 Å². The van der Waals surface area contributed by atoms with Gasteiger partial charge in [-0.3, -0.25) is 4.98 Å². The maximum absolute atomic E-state index is 4.05. The molecule has 0 atom stereocenters. The van der Waals surface area contributed by atoms with Gasteiger partial charge in [0.2, 0.25) is 0 Å². The van der Waals surface area contributed by atoms with Crippen molar-refractivity contribution in [2.45, 2.75) is 107 Å². The lowest BCUT2D eigenvalue weighted by atomic mass is 9.86. The zero-order valence-electron chi connectivity index (χ0n) is 20.8. The summed E-state index contributed by atoms with van der Waals surface area (Å²) in [7, 11) is 0. The molecule has 1 aromatic heterocycles. The Morgan fingerprint density at radius 1 is 0.767 bits per heavy atom. The quantitative estimate of drug-likeness (QED) is 0.456. The molecule has 1 fully saturated rings. The number of benzene rings is 1. The Morgan fingerprint density at radius 3 is 1.50 bits per heavy atom. The summed E-state index contributed by atoms with van der Waals surface area (Å²) in [5.74, 6) is 1.05. The van der Waals surface area contributed by atoms with Crippen LogP contribution in [0.5, 0.6) is 0 Å². The van der Waals surface area contributed by atoms with Crippen LogP contribution >= 0.6 is 0 Å². The van der Waals surface area contributed by atoms with Crippen LogP contribution in [0.3, 0.4) is 0 Å². The Hall–Kier alpha value is -1.63. The molecule has 1 aromatic carbocycles. The van der Waals surface area contributed by atoms with Crippen LogP contribution in [0.1, 0.15) is 106 Å². The van der Waals surface area contributed by atoms with Crippen molar-refractivity contribution in [3.05, 3.63) is 65.5 Å². The first-order valence-electron chi connectivity index (χ1n) is 11.2. The number of rotatable bonds is 1. The zero-order valence-corrected chi connectivity index (χ0v) is 20.8. The summed E-state index contributed by atoms with van der Waals surface area (Å²) >= 11 is 0. The van der Waals surface area contributed by atoms with Crippen molar-refractivity contribution in [3.63, 3.8) is 0 Å². The summed E-state index contributed by atoms with van der Waals surface area (Å²) in [5, 5.41) is 0. The molecule has 1 saturated carbocycles. The Morgan fingerprint density at radius 2 is 1.27 bits per heavy atom. The molecule has 1 aliphatic rings. The van der Waals surface area contributed by atoms with E-state index in [1.54, 1.807) is 6.20 Å². The molecular formula is C29H49N. The average molecular weight is 412 g/mol. The molecule has 3 rings (SSSR count). The second-order valence-corrected chi connectivity index (χ2v) is 11.4. The Kier molecular flexibility index (Phi) is 11.0. The minimum atomic E-state index is 0. The van der Waals surface area contributed by atoms with E-state index < -0.39 is 0 Å². The molecule has 0 N–H and O–H groups in total. The van der Waals surface area contributed by atoms with Crippen molar-refractivity contribution in [1.29, 1.82) is 0 Å². The van der Waals surface area contributed by atoms with E-state index >= 15 is 0 Å². The van der Waals surface area contributed by atoms with Gasteiger partial charge < -0.3 is 0 Å². The molecule has 0 spiro atoms. The van der Waals surface area contributed by atoms with E-state index in [0.717, 1.165) is 12.3 Å². The van der Waals surface area contributed by atoms with Gasteiger partial charge in [0.15, 0.2) is 0 Å². The number of hydrogen-bond acceptors (Lipinski definition) is 1. The first kappa shape index (κ1) is 28.4. The van der Waals surface area contributed by atoms with Gasteiger partial charge in [-0.1, -0.05) is 107 Å². The summed E-state index contributed by atoms with van der Waals surface area (Å²) in [6, 6.07) is 13.0. The lowest BCUT2D eigenvalue weighted by Gasteiger charge is -2.18. The minimum Gasteiger partial charge on any atom is -0.264 e. The van der Waals surface area contributed by atoms with E-state index in [1.807, 2.05) is 12.3 Å². The standard InChI is InChI=1S/C12H18.C9H13N.C7H14.CH4/c1-5-10-6-8-11(9-7-10)12(2,3)4;1-9(2,3)8-5-4-6-10-7-8;1-7(2,3)6-4-5-6;/h6-9H,5H2,1-4H3;4-7H,1-3H3;6H,4-5H2,1-3H3;1H4. The van der Waals surface area contributed by atoms with Gasteiger partial charge in [-0.15, -0.1) is 0 Å². The molecule has 170 valence electrons. The van der Waals surface area contributed by atoms with E-state index in [-0.39, 0.29) is 18.3 Å². The van der Waals surface area contributed by atoms with Crippen LogP contribution in [0.2, 0.25) is 0 Å². The van der Waals surface area contributed by atoms with Crippen molar-refractivity contribution in [2.24, 2.45) is 11.3 Å². The lowest BCUT2D eigenvalue weighted by Crippen LogP contribution is -2.10. The third-order valence-electron chi connectivity index (χ3n) is 5.56. The number of pyridine rings is 1. The van der Waals surface area contributed by atoms with Crippen LogP contribution in [0.4, 0.5) is 0 Å². The molecule has 0 unspecified atom stereocenters. The van der Waals surface area contributed by atoms with Crippen LogP contribution in [-0.4, -0.2) is 4.98 Å². The highest BCUT2D eigenvalue weighted by atomic mass is 14.6. The minimum absolute atomic E-state index is 0. The topological polar surface area (TPSA) is 12.9 Å². The Bertz CT molecular complexity index is 687. The number of aromatic nitrogens is 1. The molecule has 0 radical (unpaired) electrons. The van der Waals surface area contributed by atoms with Gasteiger partial charge in [-0.05, 0) is 64.2 Å². The SMILES string of the molecule is C.CC(C)(C)C1CC1.CC(C)(C)c1cccnc1.CCc1ccc(C(C)(C)C)cc1. The predicted molar refractivity (Wildman–Crippen MR) is 136 cm³/mol. The molecule has 0 aliphatic heterocycles. The van der Waals surface area contributed by atoms with Crippen molar-refractivity contribution in [1.82, 2.24) is 4.98 Å². The van der Waals surface area contributed by atoms with Crippen molar-refractivity contribution < 1.29 is 0 Å². The molecule has 0 bridgehead atoms. The first-order valence-corrected chi connectivity index (χ1v) is 11.2. The van der Waals surface area contributed by atoms with Gasteiger partial charge in [-0.2, -0.15) is 0 Å². The molecule has 0 saturated heterocycles. The smallest absolute Gasteiger partial charge is 0.0305 e. The monoisotopic (exact) mass is 411 g/mol. The van der Waals surface area contributed by atoms with Gasteiger partial charge in [0, 0.05) is 12.4 Å². The normalized spacial score (nSPS) is 13.8. The summed E-state index contributed by atoms with van der Waals surface area (Å²) in [5.41, 5.74) is 5.25. The highest BCUT2D eigenvalue weighted by molar-refractivity contribution is 5.27. The number of nitrogens with zero attached hydrogens (tertiary/aromatic N) is 1. The lowest BCUT2D eigenvalue weighted by molar-refractivity contribution is 0.351. The molecule has 2 aromatic rings. The van der Waals surface area contributed by atoms with E-state index in [1.165, 1.54) is 29.5 Å². The highest BCUT2D eigenvalue weighted by Gasteiger charge is 2.33. The van der Waals surface area contributed by atoms with Gasteiger partial charge in [0.1, 0.15) is 0 Å². The van der Waals surface area contributed by atoms with E-state index in [2.05, 4.69) is 105 Å². The third kappa shape index (κ3) is 11.0. The predicted octanol–water partition coefficient (Wildman–Crippen LogP) is 9.00. The van der Waals surface area contributed by atoms with Gasteiger partial charge in [0.05, 0.1) is 0 Å². The summed E-state index contributed by atoms with van der Waals surface area (Å²) < 4.78 is 0. The average Bonchev–Trinajstić information content (AvgIpc) is 3.47. The van der Waals surface area contributed by atoms with Crippen molar-refractivity contribution in [2.75, 3.05) is 0 Å².